The van der Waals surface area contributed by atoms with Crippen LogP contribution in [0.4, 0.5) is 0 Å². The highest BCUT2D eigenvalue weighted by Gasteiger charge is 2.32. The third-order valence-corrected chi connectivity index (χ3v) is 4.20. The summed E-state index contributed by atoms with van der Waals surface area (Å²) in [7, 11) is 0. The summed E-state index contributed by atoms with van der Waals surface area (Å²) >= 11 is 0. The summed E-state index contributed by atoms with van der Waals surface area (Å²) in [5.74, 6) is 2.43. The Hall–Kier alpha value is -2.89. The smallest absolute Gasteiger partial charge is 0.311 e. The maximum atomic E-state index is 12.0. The molecule has 3 aliphatic heterocycles. The van der Waals surface area contributed by atoms with Gasteiger partial charge in [0, 0.05) is 11.1 Å². The van der Waals surface area contributed by atoms with Gasteiger partial charge in [-0.05, 0) is 29.8 Å². The molecule has 23 heavy (non-hydrogen) atoms. The van der Waals surface area contributed by atoms with E-state index in [2.05, 4.69) is 0 Å². The molecule has 0 amide bonds. The number of benzene rings is 2. The molecule has 116 valence electrons. The van der Waals surface area contributed by atoms with E-state index in [-0.39, 0.29) is 26.0 Å². The van der Waals surface area contributed by atoms with Gasteiger partial charge in [0.1, 0.15) is 0 Å². The largest absolute Gasteiger partial charge is 0.454 e. The topological polar surface area (TPSA) is 63.2 Å². The maximum absolute atomic E-state index is 12.0. The number of fused-ring (bicyclic) bond motifs is 3. The van der Waals surface area contributed by atoms with Crippen molar-refractivity contribution in [3.8, 4) is 23.0 Å². The van der Waals surface area contributed by atoms with E-state index in [1.807, 2.05) is 30.3 Å². The molecule has 0 bridgehead atoms. The van der Waals surface area contributed by atoms with Gasteiger partial charge in [0.15, 0.2) is 29.1 Å². The van der Waals surface area contributed by atoms with E-state index in [1.165, 1.54) is 0 Å². The molecule has 6 nitrogen and oxygen atoms in total. The van der Waals surface area contributed by atoms with Crippen molar-refractivity contribution in [2.75, 3.05) is 13.6 Å². The van der Waals surface area contributed by atoms with Crippen LogP contribution in [0.3, 0.4) is 0 Å². The van der Waals surface area contributed by atoms with Crippen molar-refractivity contribution in [2.45, 2.75) is 12.5 Å². The number of carbonyl (C=O) groups excluding carboxylic acids is 1. The predicted octanol–water partition coefficient (Wildman–Crippen LogP) is 2.33. The van der Waals surface area contributed by atoms with Gasteiger partial charge in [-0.25, -0.2) is 0 Å². The molecule has 0 N–H and O–H groups in total. The number of rotatable bonds is 1. The standard InChI is InChI=1S/C17H12O6/c18-16-5-10-4-14-15(22-8-21-14)6-11(10)17(23-16)9-1-2-12-13(3-9)20-7-19-12/h1-4,6,17H,5,7-8H2. The quantitative estimate of drug-likeness (QED) is 0.753. The molecule has 1 atom stereocenters. The van der Waals surface area contributed by atoms with Gasteiger partial charge < -0.3 is 23.7 Å². The van der Waals surface area contributed by atoms with Crippen molar-refractivity contribution in [3.05, 3.63) is 47.0 Å². The highest BCUT2D eigenvalue weighted by molar-refractivity contribution is 5.77. The summed E-state index contributed by atoms with van der Waals surface area (Å²) in [5.41, 5.74) is 2.64. The van der Waals surface area contributed by atoms with Gasteiger partial charge in [0.05, 0.1) is 6.42 Å². The molecule has 0 radical (unpaired) electrons. The van der Waals surface area contributed by atoms with E-state index in [4.69, 9.17) is 23.7 Å². The van der Waals surface area contributed by atoms with E-state index in [0.29, 0.717) is 23.0 Å². The molecule has 0 spiro atoms. The lowest BCUT2D eigenvalue weighted by atomic mass is 9.92. The Morgan fingerprint density at radius 2 is 1.52 bits per heavy atom. The normalized spacial score (nSPS) is 20.2. The Balaban J connectivity index is 1.63. The van der Waals surface area contributed by atoms with Crippen molar-refractivity contribution in [1.82, 2.24) is 0 Å². The van der Waals surface area contributed by atoms with Gasteiger partial charge in [-0.3, -0.25) is 4.79 Å². The Kier molecular flexibility index (Phi) is 2.50. The molecular weight excluding hydrogens is 300 g/mol. The predicted molar refractivity (Wildman–Crippen MR) is 76.8 cm³/mol. The Bertz CT molecular complexity index is 828. The van der Waals surface area contributed by atoms with E-state index in [1.54, 1.807) is 0 Å². The van der Waals surface area contributed by atoms with Crippen LogP contribution in [0.15, 0.2) is 30.3 Å². The van der Waals surface area contributed by atoms with Gasteiger partial charge >= 0.3 is 5.97 Å². The highest BCUT2D eigenvalue weighted by Crippen LogP contribution is 2.43. The van der Waals surface area contributed by atoms with Gasteiger partial charge in [0.2, 0.25) is 13.6 Å². The number of ether oxygens (including phenoxy) is 5. The average molecular weight is 312 g/mol. The molecule has 2 aromatic rings. The lowest BCUT2D eigenvalue weighted by Crippen LogP contribution is -2.22. The van der Waals surface area contributed by atoms with E-state index < -0.39 is 6.10 Å². The zero-order valence-corrected chi connectivity index (χ0v) is 12.0. The van der Waals surface area contributed by atoms with Crippen molar-refractivity contribution >= 4 is 5.97 Å². The minimum Gasteiger partial charge on any atom is -0.454 e. The second kappa shape index (κ2) is 4.55. The molecule has 0 saturated heterocycles. The third-order valence-electron chi connectivity index (χ3n) is 4.20. The molecule has 2 aromatic carbocycles. The van der Waals surface area contributed by atoms with Crippen molar-refractivity contribution in [3.63, 3.8) is 0 Å². The van der Waals surface area contributed by atoms with Crippen LogP contribution in [-0.4, -0.2) is 19.6 Å². The fourth-order valence-corrected chi connectivity index (χ4v) is 3.11. The summed E-state index contributed by atoms with van der Waals surface area (Å²) in [6.45, 7) is 0.403. The number of esters is 1. The summed E-state index contributed by atoms with van der Waals surface area (Å²) < 4.78 is 27.2. The monoisotopic (exact) mass is 312 g/mol. The maximum Gasteiger partial charge on any atom is 0.311 e. The van der Waals surface area contributed by atoms with Crippen LogP contribution in [0, 0.1) is 0 Å². The third kappa shape index (κ3) is 1.91. The van der Waals surface area contributed by atoms with Gasteiger partial charge in [0.25, 0.3) is 0 Å². The molecule has 0 saturated carbocycles. The van der Waals surface area contributed by atoms with Crippen LogP contribution in [0.25, 0.3) is 0 Å². The Morgan fingerprint density at radius 3 is 2.35 bits per heavy atom. The molecule has 0 aromatic heterocycles. The molecule has 3 heterocycles. The van der Waals surface area contributed by atoms with E-state index >= 15 is 0 Å². The molecule has 6 heteroatoms. The van der Waals surface area contributed by atoms with Gasteiger partial charge in [-0.2, -0.15) is 0 Å². The Morgan fingerprint density at radius 1 is 0.826 bits per heavy atom. The molecule has 3 aliphatic rings. The SMILES string of the molecule is O=C1Cc2cc3c(cc2C(c2ccc4c(c2)OCO4)O1)OCO3. The number of carbonyl (C=O) groups is 1. The summed E-state index contributed by atoms with van der Waals surface area (Å²) in [6.07, 6.45) is -0.261. The highest BCUT2D eigenvalue weighted by atomic mass is 16.7. The molecule has 0 aliphatic carbocycles. The first-order valence-corrected chi connectivity index (χ1v) is 7.29. The Labute approximate surface area is 131 Å². The van der Waals surface area contributed by atoms with Crippen LogP contribution in [0.5, 0.6) is 23.0 Å². The van der Waals surface area contributed by atoms with Crippen LogP contribution in [0.2, 0.25) is 0 Å². The lowest BCUT2D eigenvalue weighted by Gasteiger charge is -2.26. The summed E-state index contributed by atoms with van der Waals surface area (Å²) in [5, 5.41) is 0. The summed E-state index contributed by atoms with van der Waals surface area (Å²) in [4.78, 5) is 12.0. The first-order valence-electron chi connectivity index (χ1n) is 7.29. The van der Waals surface area contributed by atoms with Crippen molar-refractivity contribution < 1.29 is 28.5 Å². The fraction of sp³-hybridized carbons (Fsp3) is 0.235. The lowest BCUT2D eigenvalue weighted by molar-refractivity contribution is -0.148. The molecule has 5 rings (SSSR count). The fourth-order valence-electron chi connectivity index (χ4n) is 3.11. The van der Waals surface area contributed by atoms with Crippen molar-refractivity contribution in [1.29, 1.82) is 0 Å². The number of hydrogen-bond donors (Lipinski definition) is 0. The first kappa shape index (κ1) is 12.6. The van der Waals surface area contributed by atoms with Crippen LogP contribution < -0.4 is 18.9 Å². The minimum absolute atomic E-state index is 0.196. The first-order chi connectivity index (χ1) is 11.3. The second-order valence-corrected chi connectivity index (χ2v) is 5.56. The zero-order valence-electron chi connectivity index (χ0n) is 12.0. The average Bonchev–Trinajstić information content (AvgIpc) is 3.19. The van der Waals surface area contributed by atoms with Gasteiger partial charge in [-0.15, -0.1) is 0 Å². The van der Waals surface area contributed by atoms with Crippen molar-refractivity contribution in [2.24, 2.45) is 0 Å². The number of hydrogen-bond acceptors (Lipinski definition) is 6. The summed E-state index contributed by atoms with van der Waals surface area (Å²) in [6, 6.07) is 9.30. The van der Waals surface area contributed by atoms with Crippen LogP contribution in [0.1, 0.15) is 22.8 Å². The van der Waals surface area contributed by atoms with E-state index in [0.717, 1.165) is 16.7 Å². The van der Waals surface area contributed by atoms with E-state index in [9.17, 15) is 4.79 Å². The number of cyclic esters (lactones) is 1. The zero-order chi connectivity index (χ0) is 15.4. The molecule has 1 unspecified atom stereocenters. The van der Waals surface area contributed by atoms with Crippen LogP contribution in [-0.2, 0) is 16.0 Å². The second-order valence-electron chi connectivity index (χ2n) is 5.56. The molecule has 0 fully saturated rings. The minimum atomic E-state index is -0.491. The van der Waals surface area contributed by atoms with Gasteiger partial charge in [-0.1, -0.05) is 6.07 Å². The molecular formula is C17H12O6. The van der Waals surface area contributed by atoms with Crippen LogP contribution >= 0.6 is 0 Å².